The van der Waals surface area contributed by atoms with Gasteiger partial charge in [0.1, 0.15) is 17.2 Å². The van der Waals surface area contributed by atoms with Crippen molar-refractivity contribution in [2.24, 2.45) is 23.7 Å². The number of hydrogen-bond donors (Lipinski definition) is 0. The molecule has 0 atom stereocenters. The monoisotopic (exact) mass is 538 g/mol. The topological polar surface area (TPSA) is 18.5 Å². The number of alkyl halides is 4. The van der Waals surface area contributed by atoms with Crippen molar-refractivity contribution < 1.29 is 31.4 Å². The summed E-state index contributed by atoms with van der Waals surface area (Å²) >= 11 is 2.06. The minimum atomic E-state index is -3.72. The highest BCUT2D eigenvalue weighted by Gasteiger charge is 2.38. The lowest BCUT2D eigenvalue weighted by atomic mass is 9.68. The van der Waals surface area contributed by atoms with Crippen LogP contribution in [0, 0.1) is 35.3 Å². The minimum Gasteiger partial charge on any atom is -0.352 e. The number of ether oxygens (including phenoxy) is 2. The van der Waals surface area contributed by atoms with E-state index in [2.05, 4.69) is 15.9 Å². The normalized spacial score (nSPS) is 33.8. The summed E-state index contributed by atoms with van der Waals surface area (Å²) in [5.41, 5.74) is -0.745. The van der Waals surface area contributed by atoms with Gasteiger partial charge in [-0.05, 0) is 109 Å². The quantitative estimate of drug-likeness (QED) is 0.271. The molecule has 186 valence electrons. The molecule has 0 aromatic heterocycles. The lowest BCUT2D eigenvalue weighted by molar-refractivity contribution is -0.230. The Labute approximate surface area is 200 Å². The van der Waals surface area contributed by atoms with Gasteiger partial charge in [0.15, 0.2) is 6.29 Å². The molecule has 1 aliphatic heterocycles. The van der Waals surface area contributed by atoms with Crippen molar-refractivity contribution in [2.45, 2.75) is 74.8 Å². The predicted octanol–water partition coefficient (Wildman–Crippen LogP) is 7.84. The molecule has 0 unspecified atom stereocenters. The number of halogens is 6. The van der Waals surface area contributed by atoms with Crippen LogP contribution in [0.2, 0.25) is 0 Å². The average Bonchev–Trinajstić information content (AvgIpc) is 2.79. The molecule has 1 heterocycles. The molecule has 3 aliphatic rings. The Kier molecular flexibility index (Phi) is 8.38. The molecule has 0 spiro atoms. The molecule has 2 saturated carbocycles. The van der Waals surface area contributed by atoms with Crippen LogP contribution in [-0.2, 0) is 14.3 Å². The maximum atomic E-state index is 14.2. The van der Waals surface area contributed by atoms with E-state index in [0.29, 0.717) is 43.0 Å². The van der Waals surface area contributed by atoms with Gasteiger partial charge in [0, 0.05) is 11.8 Å². The molecule has 3 fully saturated rings. The molecular weight excluding hydrogens is 507 g/mol. The SMILES string of the molecule is FCCC1COC(C2CCC(C3CCC(c4cc(F)c(C(F)(F)Br)c(F)c4)CC3)CC2)OC1. The summed E-state index contributed by atoms with van der Waals surface area (Å²) in [6.45, 7) is 0.819. The Morgan fingerprint density at radius 1 is 0.818 bits per heavy atom. The van der Waals surface area contributed by atoms with Crippen LogP contribution in [0.4, 0.5) is 22.0 Å². The summed E-state index contributed by atoms with van der Waals surface area (Å²) in [5.74, 6) is -0.627. The predicted molar refractivity (Wildman–Crippen MR) is 119 cm³/mol. The Balaban J connectivity index is 1.25. The maximum Gasteiger partial charge on any atom is 0.332 e. The fourth-order valence-corrected chi connectivity index (χ4v) is 6.44. The van der Waals surface area contributed by atoms with E-state index >= 15 is 0 Å². The highest BCUT2D eigenvalue weighted by molar-refractivity contribution is 9.09. The Morgan fingerprint density at radius 3 is 1.79 bits per heavy atom. The van der Waals surface area contributed by atoms with Gasteiger partial charge in [0.05, 0.1) is 19.9 Å². The van der Waals surface area contributed by atoms with Crippen LogP contribution in [0.3, 0.4) is 0 Å². The number of hydrogen-bond acceptors (Lipinski definition) is 2. The number of rotatable bonds is 6. The van der Waals surface area contributed by atoms with Crippen LogP contribution < -0.4 is 0 Å². The second-order valence-corrected chi connectivity index (χ2v) is 11.0. The van der Waals surface area contributed by atoms with Gasteiger partial charge >= 0.3 is 4.83 Å². The summed E-state index contributed by atoms with van der Waals surface area (Å²) < 4.78 is 79.4. The van der Waals surface area contributed by atoms with Crippen LogP contribution in [0.25, 0.3) is 0 Å². The van der Waals surface area contributed by atoms with Gasteiger partial charge in [-0.25, -0.2) is 8.78 Å². The van der Waals surface area contributed by atoms with Crippen LogP contribution >= 0.6 is 15.9 Å². The van der Waals surface area contributed by atoms with Crippen LogP contribution in [0.1, 0.15) is 74.8 Å². The Morgan fingerprint density at radius 2 is 1.30 bits per heavy atom. The first-order valence-electron chi connectivity index (χ1n) is 12.1. The molecular formula is C25H32BrF5O2. The lowest BCUT2D eigenvalue weighted by Crippen LogP contribution is -2.39. The minimum absolute atomic E-state index is 0.000826. The zero-order chi connectivity index (χ0) is 23.6. The standard InChI is InChI=1S/C25H32BrF5O2/c26-25(30,31)23-21(28)11-20(12-22(23)29)18-3-1-16(2-4-18)17-5-7-19(8-6-17)24-32-13-15(9-10-27)14-33-24/h11-12,15-19,24H,1-10,13-14H2. The third-order valence-electron chi connectivity index (χ3n) is 7.97. The van der Waals surface area contributed by atoms with Gasteiger partial charge < -0.3 is 9.47 Å². The first-order valence-corrected chi connectivity index (χ1v) is 12.9. The average molecular weight is 539 g/mol. The maximum absolute atomic E-state index is 14.2. The first-order chi connectivity index (χ1) is 15.8. The molecule has 1 saturated heterocycles. The summed E-state index contributed by atoms with van der Waals surface area (Å²) in [6, 6.07) is 2.15. The van der Waals surface area contributed by atoms with Crippen molar-refractivity contribution in [3.63, 3.8) is 0 Å². The van der Waals surface area contributed by atoms with Crippen molar-refractivity contribution in [1.82, 2.24) is 0 Å². The highest BCUT2D eigenvalue weighted by atomic mass is 79.9. The van der Waals surface area contributed by atoms with Gasteiger partial charge in [0.25, 0.3) is 0 Å². The summed E-state index contributed by atoms with van der Waals surface area (Å²) in [4.78, 5) is -3.72. The molecule has 0 bridgehead atoms. The second-order valence-electron chi connectivity index (χ2n) is 10.0. The van der Waals surface area contributed by atoms with Crippen molar-refractivity contribution in [3.8, 4) is 0 Å². The first kappa shape index (κ1) is 25.4. The Bertz CT molecular complexity index is 754. The zero-order valence-corrected chi connectivity index (χ0v) is 20.3. The van der Waals surface area contributed by atoms with E-state index in [0.717, 1.165) is 63.5 Å². The lowest BCUT2D eigenvalue weighted by Gasteiger charge is -2.41. The van der Waals surface area contributed by atoms with Gasteiger partial charge in [-0.1, -0.05) is 0 Å². The third-order valence-corrected chi connectivity index (χ3v) is 8.37. The molecule has 1 aromatic carbocycles. The molecule has 0 N–H and O–H groups in total. The van der Waals surface area contributed by atoms with E-state index in [1.165, 1.54) is 0 Å². The molecule has 8 heteroatoms. The molecule has 0 radical (unpaired) electrons. The number of benzene rings is 1. The van der Waals surface area contributed by atoms with Crippen molar-refractivity contribution in [3.05, 3.63) is 34.9 Å². The fourth-order valence-electron chi connectivity index (χ4n) is 6.06. The molecule has 33 heavy (non-hydrogen) atoms. The fraction of sp³-hybridized carbons (Fsp3) is 0.760. The van der Waals surface area contributed by atoms with E-state index in [9.17, 15) is 22.0 Å². The van der Waals surface area contributed by atoms with Crippen molar-refractivity contribution >= 4 is 15.9 Å². The van der Waals surface area contributed by atoms with E-state index in [1.54, 1.807) is 0 Å². The molecule has 1 aromatic rings. The van der Waals surface area contributed by atoms with Gasteiger partial charge in [0.2, 0.25) is 0 Å². The zero-order valence-electron chi connectivity index (χ0n) is 18.7. The van der Waals surface area contributed by atoms with Gasteiger partial charge in [-0.15, -0.1) is 0 Å². The van der Waals surface area contributed by atoms with E-state index in [1.807, 2.05) is 0 Å². The largest absolute Gasteiger partial charge is 0.352 e. The van der Waals surface area contributed by atoms with Crippen LogP contribution in [-0.4, -0.2) is 26.2 Å². The van der Waals surface area contributed by atoms with Crippen LogP contribution in [0.5, 0.6) is 0 Å². The molecule has 0 amide bonds. The smallest absolute Gasteiger partial charge is 0.332 e. The molecule has 2 aliphatic carbocycles. The second kappa shape index (κ2) is 10.9. The van der Waals surface area contributed by atoms with Gasteiger partial charge in [-0.2, -0.15) is 8.78 Å². The van der Waals surface area contributed by atoms with Crippen molar-refractivity contribution in [2.75, 3.05) is 19.9 Å². The third kappa shape index (κ3) is 6.10. The summed E-state index contributed by atoms with van der Waals surface area (Å²) in [7, 11) is 0. The molecule has 2 nitrogen and oxygen atoms in total. The van der Waals surface area contributed by atoms with E-state index in [-0.39, 0.29) is 24.8 Å². The Hall–Kier alpha value is -0.730. The van der Waals surface area contributed by atoms with E-state index < -0.39 is 22.0 Å². The summed E-state index contributed by atoms with van der Waals surface area (Å²) in [5, 5.41) is 0. The highest BCUT2D eigenvalue weighted by Crippen LogP contribution is 2.46. The summed E-state index contributed by atoms with van der Waals surface area (Å²) in [6.07, 6.45) is 8.29. The molecule has 4 rings (SSSR count). The van der Waals surface area contributed by atoms with E-state index in [4.69, 9.17) is 9.47 Å². The van der Waals surface area contributed by atoms with Gasteiger partial charge in [-0.3, -0.25) is 4.39 Å². The van der Waals surface area contributed by atoms with Crippen molar-refractivity contribution in [1.29, 1.82) is 0 Å². The van der Waals surface area contributed by atoms with Crippen LogP contribution in [0.15, 0.2) is 12.1 Å².